The smallest absolute Gasteiger partial charge is 0.250 e. The molecule has 0 radical (unpaired) electrons. The summed E-state index contributed by atoms with van der Waals surface area (Å²) in [7, 11) is 0.571. The van der Waals surface area contributed by atoms with Crippen LogP contribution in [0.5, 0.6) is 0 Å². The first-order valence-corrected chi connectivity index (χ1v) is 9.60. The van der Waals surface area contributed by atoms with Gasteiger partial charge in [-0.3, -0.25) is 4.90 Å². The van der Waals surface area contributed by atoms with Crippen LogP contribution >= 0.6 is 38.9 Å². The summed E-state index contributed by atoms with van der Waals surface area (Å²) in [5.74, 6) is 0. The van der Waals surface area contributed by atoms with Crippen molar-refractivity contribution in [2.24, 2.45) is 0 Å². The topological polar surface area (TPSA) is 52.6 Å². The summed E-state index contributed by atoms with van der Waals surface area (Å²) < 4.78 is 28.0. The molecule has 0 spiro atoms. The fourth-order valence-corrected chi connectivity index (χ4v) is 5.57. The van der Waals surface area contributed by atoms with Gasteiger partial charge in [-0.1, -0.05) is 11.6 Å². The van der Waals surface area contributed by atoms with E-state index in [1.807, 2.05) is 14.1 Å². The molecule has 0 saturated carbocycles. The van der Waals surface area contributed by atoms with Gasteiger partial charge < -0.3 is 4.90 Å². The number of nitrogens with zero attached hydrogens (tertiary/aromatic N) is 2. The van der Waals surface area contributed by atoms with Crippen LogP contribution in [-0.2, 0) is 10.0 Å². The fraction of sp³-hybridized carbons (Fsp3) is 0.636. The van der Waals surface area contributed by atoms with Crippen LogP contribution in [0, 0.1) is 0 Å². The number of hydrogen-bond donors (Lipinski definition) is 1. The first-order chi connectivity index (χ1) is 9.29. The SMILES string of the molecule is CN1CCN(C)C(CNS(=O)(=O)c2cc(Cl)c(Br)s2)C1. The molecule has 1 aliphatic rings. The Bertz CT molecular complexity index is 559. The van der Waals surface area contributed by atoms with Gasteiger partial charge in [-0.2, -0.15) is 0 Å². The van der Waals surface area contributed by atoms with E-state index in [1.54, 1.807) is 0 Å². The molecule has 1 aliphatic heterocycles. The van der Waals surface area contributed by atoms with Crippen molar-refractivity contribution in [1.29, 1.82) is 0 Å². The molecule has 1 N–H and O–H groups in total. The third-order valence-electron chi connectivity index (χ3n) is 3.38. The van der Waals surface area contributed by atoms with E-state index < -0.39 is 10.0 Å². The average molecular weight is 403 g/mol. The molecule has 0 aliphatic carbocycles. The van der Waals surface area contributed by atoms with E-state index in [9.17, 15) is 8.42 Å². The summed E-state index contributed by atoms with van der Waals surface area (Å²) in [6, 6.07) is 1.65. The van der Waals surface area contributed by atoms with E-state index in [0.29, 0.717) is 15.4 Å². The maximum Gasteiger partial charge on any atom is 0.250 e. The molecule has 1 aromatic rings. The van der Waals surface area contributed by atoms with E-state index >= 15 is 0 Å². The number of rotatable bonds is 4. The van der Waals surface area contributed by atoms with Crippen molar-refractivity contribution < 1.29 is 8.42 Å². The van der Waals surface area contributed by atoms with Crippen molar-refractivity contribution in [3.05, 3.63) is 14.9 Å². The Morgan fingerprint density at radius 3 is 2.80 bits per heavy atom. The molecule has 1 fully saturated rings. The molecule has 1 atom stereocenters. The van der Waals surface area contributed by atoms with E-state index in [0.717, 1.165) is 31.0 Å². The predicted octanol–water partition coefficient (Wildman–Crippen LogP) is 1.69. The highest BCUT2D eigenvalue weighted by atomic mass is 79.9. The summed E-state index contributed by atoms with van der Waals surface area (Å²) in [6.45, 7) is 3.21. The monoisotopic (exact) mass is 401 g/mol. The van der Waals surface area contributed by atoms with Gasteiger partial charge in [0.25, 0.3) is 0 Å². The number of piperazine rings is 1. The van der Waals surface area contributed by atoms with Gasteiger partial charge in [0.1, 0.15) is 4.21 Å². The van der Waals surface area contributed by atoms with Crippen LogP contribution < -0.4 is 4.72 Å². The highest BCUT2D eigenvalue weighted by Crippen LogP contribution is 2.34. The number of nitrogens with one attached hydrogen (secondary N) is 1. The standard InChI is InChI=1S/C11H17BrClN3O2S2/c1-15-3-4-16(2)8(7-15)6-14-20(17,18)10-5-9(13)11(12)19-10/h5,8,14H,3-4,6-7H2,1-2H3. The van der Waals surface area contributed by atoms with Gasteiger partial charge in [-0.05, 0) is 36.1 Å². The molecule has 0 bridgehead atoms. The van der Waals surface area contributed by atoms with Gasteiger partial charge in [-0.15, -0.1) is 11.3 Å². The third-order valence-corrected chi connectivity index (χ3v) is 7.75. The first-order valence-electron chi connectivity index (χ1n) is 6.13. The van der Waals surface area contributed by atoms with Crippen molar-refractivity contribution in [2.75, 3.05) is 40.3 Å². The number of hydrogen-bond acceptors (Lipinski definition) is 5. The van der Waals surface area contributed by atoms with Crippen molar-refractivity contribution in [3.8, 4) is 0 Å². The summed E-state index contributed by atoms with van der Waals surface area (Å²) in [6.07, 6.45) is 0. The molecule has 1 unspecified atom stereocenters. The fourth-order valence-electron chi connectivity index (χ4n) is 2.06. The summed E-state index contributed by atoms with van der Waals surface area (Å²) in [5, 5.41) is 0.421. The van der Waals surface area contributed by atoms with E-state index in [-0.39, 0.29) is 10.3 Å². The van der Waals surface area contributed by atoms with Gasteiger partial charge in [-0.25, -0.2) is 13.1 Å². The van der Waals surface area contributed by atoms with Crippen LogP contribution in [0.4, 0.5) is 0 Å². The van der Waals surface area contributed by atoms with Crippen LogP contribution in [0.1, 0.15) is 0 Å². The second-order valence-corrected chi connectivity index (χ2v) is 9.71. The number of sulfonamides is 1. The summed E-state index contributed by atoms with van der Waals surface area (Å²) in [4.78, 5) is 4.39. The molecular formula is C11H17BrClN3O2S2. The van der Waals surface area contributed by atoms with Gasteiger partial charge in [0.15, 0.2) is 0 Å². The molecule has 2 heterocycles. The van der Waals surface area contributed by atoms with Crippen LogP contribution in [0.15, 0.2) is 14.1 Å². The van der Waals surface area contributed by atoms with Gasteiger partial charge in [0.2, 0.25) is 10.0 Å². The lowest BCUT2D eigenvalue weighted by atomic mass is 10.2. The molecule has 1 aromatic heterocycles. The number of halogens is 2. The summed E-state index contributed by atoms with van der Waals surface area (Å²) >= 11 is 10.2. The Labute approximate surface area is 137 Å². The lowest BCUT2D eigenvalue weighted by Crippen LogP contribution is -2.54. The molecule has 20 heavy (non-hydrogen) atoms. The molecule has 5 nitrogen and oxygen atoms in total. The van der Waals surface area contributed by atoms with Gasteiger partial charge >= 0.3 is 0 Å². The third kappa shape index (κ3) is 3.94. The van der Waals surface area contributed by atoms with E-state index in [4.69, 9.17) is 11.6 Å². The van der Waals surface area contributed by atoms with Gasteiger partial charge in [0.05, 0.1) is 8.81 Å². The molecular weight excluding hydrogens is 386 g/mol. The Kier molecular flexibility index (Phi) is 5.50. The molecule has 0 aromatic carbocycles. The maximum atomic E-state index is 12.2. The zero-order valence-corrected chi connectivity index (χ0v) is 15.2. The highest BCUT2D eigenvalue weighted by molar-refractivity contribution is 9.11. The van der Waals surface area contributed by atoms with E-state index in [1.165, 1.54) is 6.07 Å². The molecule has 114 valence electrons. The Balaban J connectivity index is 2.02. The zero-order valence-electron chi connectivity index (χ0n) is 11.3. The largest absolute Gasteiger partial charge is 0.303 e. The zero-order chi connectivity index (χ0) is 14.9. The second-order valence-electron chi connectivity index (χ2n) is 4.94. The van der Waals surface area contributed by atoms with Crippen molar-refractivity contribution in [3.63, 3.8) is 0 Å². The average Bonchev–Trinajstić information content (AvgIpc) is 2.72. The quantitative estimate of drug-likeness (QED) is 0.833. The molecule has 2 rings (SSSR count). The highest BCUT2D eigenvalue weighted by Gasteiger charge is 2.25. The van der Waals surface area contributed by atoms with Crippen LogP contribution in [0.2, 0.25) is 5.02 Å². The van der Waals surface area contributed by atoms with E-state index in [2.05, 4.69) is 30.5 Å². The van der Waals surface area contributed by atoms with Crippen molar-refractivity contribution in [2.45, 2.75) is 10.3 Å². The minimum absolute atomic E-state index is 0.183. The normalized spacial score (nSPS) is 22.3. The minimum Gasteiger partial charge on any atom is -0.303 e. The van der Waals surface area contributed by atoms with Crippen LogP contribution in [0.25, 0.3) is 0 Å². The van der Waals surface area contributed by atoms with Crippen molar-refractivity contribution in [1.82, 2.24) is 14.5 Å². The Hall–Kier alpha value is 0.300. The molecule has 9 heteroatoms. The maximum absolute atomic E-state index is 12.2. The lowest BCUT2D eigenvalue weighted by molar-refractivity contribution is 0.117. The molecule has 1 saturated heterocycles. The Morgan fingerprint density at radius 1 is 1.50 bits per heavy atom. The number of likely N-dealkylation sites (N-methyl/N-ethyl adjacent to an activating group) is 2. The lowest BCUT2D eigenvalue weighted by Gasteiger charge is -2.37. The van der Waals surface area contributed by atoms with Crippen molar-refractivity contribution >= 4 is 48.9 Å². The van der Waals surface area contributed by atoms with Crippen LogP contribution in [-0.4, -0.2) is 64.5 Å². The Morgan fingerprint density at radius 2 is 2.20 bits per heavy atom. The first kappa shape index (κ1) is 16.7. The van der Waals surface area contributed by atoms with Crippen LogP contribution in [0.3, 0.4) is 0 Å². The minimum atomic E-state index is -3.49. The number of thiophene rings is 1. The molecule has 0 amide bonds. The van der Waals surface area contributed by atoms with Gasteiger partial charge in [0, 0.05) is 32.2 Å². The second kappa shape index (κ2) is 6.60. The summed E-state index contributed by atoms with van der Waals surface area (Å²) in [5.41, 5.74) is 0. The predicted molar refractivity (Wildman–Crippen MR) is 86.1 cm³/mol.